The van der Waals surface area contributed by atoms with Crippen LogP contribution in [0.5, 0.6) is 5.75 Å². The van der Waals surface area contributed by atoms with Gasteiger partial charge < -0.3 is 4.74 Å². The van der Waals surface area contributed by atoms with Crippen LogP contribution in [-0.2, 0) is 10.0 Å². The zero-order valence-corrected chi connectivity index (χ0v) is 20.0. The minimum absolute atomic E-state index is 0.0102. The molecule has 7 nitrogen and oxygen atoms in total. The molecule has 2 heterocycles. The van der Waals surface area contributed by atoms with E-state index in [0.717, 1.165) is 23.5 Å². The van der Waals surface area contributed by atoms with Gasteiger partial charge in [-0.2, -0.15) is 0 Å². The molecule has 2 aromatic heterocycles. The van der Waals surface area contributed by atoms with Crippen molar-refractivity contribution in [1.29, 1.82) is 0 Å². The molecule has 0 unspecified atom stereocenters. The fourth-order valence-electron chi connectivity index (χ4n) is 3.77. The van der Waals surface area contributed by atoms with E-state index in [0.29, 0.717) is 22.5 Å². The number of sulfonamides is 1. The van der Waals surface area contributed by atoms with Gasteiger partial charge in [0.25, 0.3) is 10.0 Å². The van der Waals surface area contributed by atoms with Crippen LogP contribution in [0, 0.1) is 17.5 Å². The first-order chi connectivity index (χ1) is 17.2. The molecule has 182 valence electrons. The van der Waals surface area contributed by atoms with E-state index in [1.165, 1.54) is 43.1 Å². The second-order valence-electron chi connectivity index (χ2n) is 7.58. The number of hydrogen-bond acceptors (Lipinski definition) is 7. The molecule has 0 aliphatic heterocycles. The number of rotatable bonds is 6. The molecule has 36 heavy (non-hydrogen) atoms. The highest BCUT2D eigenvalue weighted by Gasteiger charge is 2.20. The van der Waals surface area contributed by atoms with Crippen molar-refractivity contribution in [1.82, 2.24) is 15.2 Å². The van der Waals surface area contributed by atoms with E-state index in [2.05, 4.69) is 19.9 Å². The number of fused-ring (bicyclic) bond motifs is 1. The highest BCUT2D eigenvalue weighted by molar-refractivity contribution is 7.93. The molecule has 0 amide bonds. The highest BCUT2D eigenvalue weighted by atomic mass is 32.2. The maximum absolute atomic E-state index is 15.2. The maximum Gasteiger partial charge on any atom is 0.263 e. The predicted molar refractivity (Wildman–Crippen MR) is 130 cm³/mol. The van der Waals surface area contributed by atoms with Crippen LogP contribution in [0.2, 0.25) is 0 Å². The number of anilines is 1. The Labute approximate surface area is 207 Å². The Balaban J connectivity index is 1.60. The van der Waals surface area contributed by atoms with E-state index >= 15 is 4.39 Å². The first kappa shape index (κ1) is 23.7. The van der Waals surface area contributed by atoms with Crippen LogP contribution in [0.1, 0.15) is 0 Å². The highest BCUT2D eigenvalue weighted by Crippen LogP contribution is 2.39. The minimum Gasteiger partial charge on any atom is -0.496 e. The van der Waals surface area contributed by atoms with Gasteiger partial charge in [0, 0.05) is 28.8 Å². The molecule has 0 fully saturated rings. The third-order valence-corrected chi connectivity index (χ3v) is 7.42. The van der Waals surface area contributed by atoms with E-state index in [1.807, 2.05) is 0 Å². The van der Waals surface area contributed by atoms with Crippen molar-refractivity contribution in [2.45, 2.75) is 4.90 Å². The summed E-state index contributed by atoms with van der Waals surface area (Å²) < 4.78 is 75.9. The van der Waals surface area contributed by atoms with Crippen molar-refractivity contribution < 1.29 is 26.3 Å². The van der Waals surface area contributed by atoms with Gasteiger partial charge in [-0.1, -0.05) is 17.4 Å². The zero-order chi connectivity index (χ0) is 25.4. The first-order valence-electron chi connectivity index (χ1n) is 10.3. The lowest BCUT2D eigenvalue weighted by Gasteiger charge is -2.14. The van der Waals surface area contributed by atoms with Crippen molar-refractivity contribution in [2.24, 2.45) is 0 Å². The Hall–Kier alpha value is -4.03. The summed E-state index contributed by atoms with van der Waals surface area (Å²) in [6.07, 6.45) is 1.46. The molecule has 0 spiro atoms. The fraction of sp³-hybridized carbons (Fsp3) is 0.0417. The van der Waals surface area contributed by atoms with Crippen molar-refractivity contribution in [3.63, 3.8) is 0 Å². The molecule has 1 N–H and O–H groups in total. The number of benzene rings is 3. The van der Waals surface area contributed by atoms with Crippen LogP contribution in [0.15, 0.2) is 71.2 Å². The SMILES string of the molecule is COc1cc(-c2cc(F)cc(F)c2)c(F)cc1-c1nccc2cc(S(=O)(=O)Nc3nncs3)ccc12. The van der Waals surface area contributed by atoms with Crippen LogP contribution in [0.25, 0.3) is 33.2 Å². The largest absolute Gasteiger partial charge is 0.496 e. The molecule has 12 heteroatoms. The standard InChI is InChI=1S/C24H15F3N4O3S2/c1-34-22-11-19(14-6-15(25)9-16(26)7-14)21(27)10-20(22)23-18-3-2-17(8-13(18)4-5-28-23)36(32,33)31-24-30-29-12-35-24/h2-12H,1H3,(H,30,31). The molecular weight excluding hydrogens is 513 g/mol. The summed E-state index contributed by atoms with van der Waals surface area (Å²) in [6, 6.07) is 11.3. The van der Waals surface area contributed by atoms with Gasteiger partial charge in [0.05, 0.1) is 17.7 Å². The van der Waals surface area contributed by atoms with Crippen LogP contribution < -0.4 is 9.46 Å². The van der Waals surface area contributed by atoms with E-state index in [9.17, 15) is 17.2 Å². The van der Waals surface area contributed by atoms with Gasteiger partial charge in [-0.05, 0) is 53.4 Å². The van der Waals surface area contributed by atoms with Crippen LogP contribution >= 0.6 is 11.3 Å². The van der Waals surface area contributed by atoms with Gasteiger partial charge in [0.15, 0.2) is 0 Å². The van der Waals surface area contributed by atoms with Gasteiger partial charge in [0.1, 0.15) is 28.7 Å². The molecule has 0 bridgehead atoms. The number of hydrogen-bond donors (Lipinski definition) is 1. The summed E-state index contributed by atoms with van der Waals surface area (Å²) >= 11 is 1.04. The average Bonchev–Trinajstić information content (AvgIpc) is 3.35. The summed E-state index contributed by atoms with van der Waals surface area (Å²) in [7, 11) is -2.55. The van der Waals surface area contributed by atoms with Gasteiger partial charge in [0.2, 0.25) is 5.13 Å². The number of ether oxygens (including phenoxy) is 1. The molecule has 0 saturated heterocycles. The predicted octanol–water partition coefficient (Wildman–Crippen LogP) is 5.65. The first-order valence-corrected chi connectivity index (χ1v) is 12.6. The zero-order valence-electron chi connectivity index (χ0n) is 18.4. The molecule has 0 aliphatic carbocycles. The molecule has 0 aliphatic rings. The maximum atomic E-state index is 15.2. The van der Waals surface area contributed by atoms with Gasteiger partial charge in [-0.3, -0.25) is 9.71 Å². The van der Waals surface area contributed by atoms with Crippen molar-refractivity contribution in [3.8, 4) is 28.1 Å². The number of nitrogens with one attached hydrogen (secondary N) is 1. The lowest BCUT2D eigenvalue weighted by molar-refractivity contribution is 0.415. The summed E-state index contributed by atoms with van der Waals surface area (Å²) in [5, 5.41) is 8.48. The van der Waals surface area contributed by atoms with Crippen LogP contribution in [-0.4, -0.2) is 30.7 Å². The van der Waals surface area contributed by atoms with E-state index in [1.54, 1.807) is 12.1 Å². The lowest BCUT2D eigenvalue weighted by Crippen LogP contribution is -2.12. The number of aromatic nitrogens is 3. The molecular formula is C24H15F3N4O3S2. The number of nitrogens with zero attached hydrogens (tertiary/aromatic N) is 3. The van der Waals surface area contributed by atoms with Crippen LogP contribution in [0.4, 0.5) is 18.3 Å². The third kappa shape index (κ3) is 4.48. The minimum atomic E-state index is -3.92. The number of pyridine rings is 1. The molecule has 5 aromatic rings. The van der Waals surface area contributed by atoms with Gasteiger partial charge in [-0.25, -0.2) is 21.6 Å². The summed E-state index contributed by atoms with van der Waals surface area (Å²) in [5.74, 6) is -2.20. The van der Waals surface area contributed by atoms with Crippen molar-refractivity contribution >= 4 is 37.3 Å². The van der Waals surface area contributed by atoms with E-state index in [4.69, 9.17) is 4.74 Å². The second kappa shape index (κ2) is 9.21. The Kier molecular flexibility index (Phi) is 6.06. The van der Waals surface area contributed by atoms with Crippen molar-refractivity contribution in [2.75, 3.05) is 11.8 Å². The molecule has 0 saturated carbocycles. The Morgan fingerprint density at radius 3 is 2.42 bits per heavy atom. The van der Waals surface area contributed by atoms with E-state index in [-0.39, 0.29) is 32.5 Å². The fourth-order valence-corrected chi connectivity index (χ4v) is 5.49. The van der Waals surface area contributed by atoms with Crippen molar-refractivity contribution in [3.05, 3.63) is 83.8 Å². The van der Waals surface area contributed by atoms with Crippen LogP contribution in [0.3, 0.4) is 0 Å². The average molecular weight is 529 g/mol. The molecule has 5 rings (SSSR count). The Bertz CT molecular complexity index is 1690. The topological polar surface area (TPSA) is 94.1 Å². The third-order valence-electron chi connectivity index (χ3n) is 5.35. The van der Waals surface area contributed by atoms with Gasteiger partial charge >= 0.3 is 0 Å². The normalized spacial score (nSPS) is 11.6. The smallest absolute Gasteiger partial charge is 0.263 e. The van der Waals surface area contributed by atoms with E-state index < -0.39 is 27.5 Å². The molecule has 0 atom stereocenters. The monoisotopic (exact) mass is 528 g/mol. The summed E-state index contributed by atoms with van der Waals surface area (Å²) in [5.41, 5.74) is 1.98. The quantitative estimate of drug-likeness (QED) is 0.306. The second-order valence-corrected chi connectivity index (χ2v) is 10.1. The number of methoxy groups -OCH3 is 1. The Morgan fingerprint density at radius 1 is 0.944 bits per heavy atom. The summed E-state index contributed by atoms with van der Waals surface area (Å²) in [4.78, 5) is 4.35. The lowest BCUT2D eigenvalue weighted by atomic mass is 9.98. The Morgan fingerprint density at radius 2 is 1.72 bits per heavy atom. The molecule has 3 aromatic carbocycles. The number of halogens is 3. The molecule has 0 radical (unpaired) electrons. The van der Waals surface area contributed by atoms with Gasteiger partial charge in [-0.15, -0.1) is 10.2 Å². The summed E-state index contributed by atoms with van der Waals surface area (Å²) in [6.45, 7) is 0.